The molecule has 0 unspecified atom stereocenters. The van der Waals surface area contributed by atoms with Gasteiger partial charge in [-0.1, -0.05) is 47.5 Å². The number of aryl methyl sites for hydroxylation is 1. The molecule has 0 saturated carbocycles. The molecule has 0 spiro atoms. The molecular formula is C23H18Cl2FN3O. The largest absolute Gasteiger partial charge is 0.306 e. The number of imidazole rings is 1. The van der Waals surface area contributed by atoms with Crippen LogP contribution in [0.5, 0.6) is 0 Å². The van der Waals surface area contributed by atoms with Crippen molar-refractivity contribution in [1.82, 2.24) is 9.13 Å². The van der Waals surface area contributed by atoms with Gasteiger partial charge >= 0.3 is 0 Å². The zero-order valence-corrected chi connectivity index (χ0v) is 17.6. The van der Waals surface area contributed by atoms with Gasteiger partial charge in [0, 0.05) is 5.56 Å². The van der Waals surface area contributed by atoms with Gasteiger partial charge in [0.05, 0.1) is 34.2 Å². The average Bonchev–Trinajstić information content (AvgIpc) is 2.96. The van der Waals surface area contributed by atoms with E-state index in [1.165, 1.54) is 18.2 Å². The van der Waals surface area contributed by atoms with E-state index < -0.39 is 5.82 Å². The summed E-state index contributed by atoms with van der Waals surface area (Å²) >= 11 is 12.0. The first kappa shape index (κ1) is 20.4. The fourth-order valence-electron chi connectivity index (χ4n) is 3.50. The lowest BCUT2D eigenvalue weighted by Gasteiger charge is -2.08. The predicted octanol–water partition coefficient (Wildman–Crippen LogP) is 5.61. The van der Waals surface area contributed by atoms with E-state index in [0.717, 1.165) is 11.1 Å². The number of hydrogen-bond donors (Lipinski definition) is 1. The fourth-order valence-corrected chi connectivity index (χ4v) is 3.80. The number of hydrogen-bond acceptors (Lipinski definition) is 2. The number of ketones is 1. The van der Waals surface area contributed by atoms with E-state index in [1.807, 2.05) is 31.2 Å². The van der Waals surface area contributed by atoms with Crippen LogP contribution in [0, 0.1) is 18.2 Å². The van der Waals surface area contributed by atoms with Gasteiger partial charge in [0.25, 0.3) is 0 Å². The van der Waals surface area contributed by atoms with Crippen molar-refractivity contribution < 1.29 is 9.18 Å². The van der Waals surface area contributed by atoms with Gasteiger partial charge in [0.2, 0.25) is 5.62 Å². The van der Waals surface area contributed by atoms with Crippen LogP contribution in [0.2, 0.25) is 10.0 Å². The third kappa shape index (κ3) is 3.78. The number of Topliss-reactive ketones (excluding diaryl/α,β-unsaturated/α-hetero) is 1. The first-order valence-electron chi connectivity index (χ1n) is 9.31. The molecule has 4 aromatic rings. The maximum absolute atomic E-state index is 14.0. The molecule has 0 saturated heterocycles. The normalized spacial score (nSPS) is 11.2. The van der Waals surface area contributed by atoms with E-state index in [1.54, 1.807) is 27.3 Å². The highest BCUT2D eigenvalue weighted by Gasteiger charge is 2.17. The lowest BCUT2D eigenvalue weighted by Crippen LogP contribution is -2.27. The smallest absolute Gasteiger partial charge is 0.203 e. The molecule has 1 heterocycles. The van der Waals surface area contributed by atoms with Gasteiger partial charge in [-0.15, -0.1) is 0 Å². The fraction of sp³-hybridized carbons (Fsp3) is 0.130. The third-order valence-electron chi connectivity index (χ3n) is 5.16. The van der Waals surface area contributed by atoms with Gasteiger partial charge in [-0.3, -0.25) is 10.2 Å². The minimum absolute atomic E-state index is 0.0697. The van der Waals surface area contributed by atoms with Crippen molar-refractivity contribution in [3.8, 4) is 0 Å². The zero-order valence-electron chi connectivity index (χ0n) is 16.1. The molecule has 0 aliphatic rings. The Labute approximate surface area is 182 Å². The number of benzene rings is 3. The van der Waals surface area contributed by atoms with Gasteiger partial charge in [0.15, 0.2) is 5.78 Å². The molecule has 0 aliphatic carbocycles. The number of nitrogens with one attached hydrogen (secondary N) is 1. The van der Waals surface area contributed by atoms with E-state index in [4.69, 9.17) is 28.6 Å². The number of carbonyl (C=O) groups excluding carboxylic acids is 1. The molecule has 7 heteroatoms. The molecular weight excluding hydrogens is 424 g/mol. The standard InChI is InChI=1S/C23H18Cl2FN3O/c1-14-4-2-3-5-16(14)12-28-21-11-17(26)7-9-20(21)29(23(28)27)13-22(30)15-6-8-18(24)19(25)10-15/h2-11,27H,12-13H2,1H3. The zero-order chi connectivity index (χ0) is 21.4. The van der Waals surface area contributed by atoms with Crippen LogP contribution in [0.25, 0.3) is 11.0 Å². The van der Waals surface area contributed by atoms with E-state index in [-0.39, 0.29) is 17.9 Å². The second-order valence-electron chi connectivity index (χ2n) is 7.11. The van der Waals surface area contributed by atoms with Gasteiger partial charge in [0.1, 0.15) is 5.82 Å². The topological polar surface area (TPSA) is 50.8 Å². The molecule has 0 bridgehead atoms. The van der Waals surface area contributed by atoms with Gasteiger partial charge in [-0.2, -0.15) is 0 Å². The van der Waals surface area contributed by atoms with Crippen molar-refractivity contribution in [1.29, 1.82) is 5.41 Å². The van der Waals surface area contributed by atoms with Crippen LogP contribution in [0.3, 0.4) is 0 Å². The summed E-state index contributed by atoms with van der Waals surface area (Å²) in [6.45, 7) is 2.33. The molecule has 1 N–H and O–H groups in total. The number of fused-ring (bicyclic) bond motifs is 1. The Morgan fingerprint density at radius 1 is 0.967 bits per heavy atom. The maximum Gasteiger partial charge on any atom is 0.203 e. The monoisotopic (exact) mass is 441 g/mol. The van der Waals surface area contributed by atoms with Crippen LogP contribution in [-0.2, 0) is 13.1 Å². The Hall–Kier alpha value is -2.89. The van der Waals surface area contributed by atoms with Crippen LogP contribution in [0.1, 0.15) is 21.5 Å². The Morgan fingerprint density at radius 3 is 2.47 bits per heavy atom. The highest BCUT2D eigenvalue weighted by atomic mass is 35.5. The van der Waals surface area contributed by atoms with Crippen molar-refractivity contribution in [2.75, 3.05) is 0 Å². The van der Waals surface area contributed by atoms with E-state index >= 15 is 0 Å². The van der Waals surface area contributed by atoms with E-state index in [2.05, 4.69) is 0 Å². The van der Waals surface area contributed by atoms with Crippen molar-refractivity contribution in [2.24, 2.45) is 0 Å². The number of rotatable bonds is 5. The molecule has 0 radical (unpaired) electrons. The first-order valence-corrected chi connectivity index (χ1v) is 10.1. The average molecular weight is 442 g/mol. The lowest BCUT2D eigenvalue weighted by molar-refractivity contribution is 0.0971. The lowest BCUT2D eigenvalue weighted by atomic mass is 10.1. The summed E-state index contributed by atoms with van der Waals surface area (Å²) in [7, 11) is 0. The van der Waals surface area contributed by atoms with Gasteiger partial charge in [-0.25, -0.2) is 4.39 Å². The Bertz CT molecular complexity index is 1340. The number of aromatic nitrogens is 2. The Kier molecular flexibility index (Phi) is 5.50. The summed E-state index contributed by atoms with van der Waals surface area (Å²) in [5, 5.41) is 9.36. The number of carbonyl (C=O) groups is 1. The second-order valence-corrected chi connectivity index (χ2v) is 7.92. The van der Waals surface area contributed by atoms with Crippen LogP contribution in [0.15, 0.2) is 60.7 Å². The van der Waals surface area contributed by atoms with Crippen LogP contribution >= 0.6 is 23.2 Å². The van der Waals surface area contributed by atoms with Gasteiger partial charge in [-0.05, 0) is 54.4 Å². The van der Waals surface area contributed by atoms with Crippen molar-refractivity contribution in [3.05, 3.63) is 98.8 Å². The quantitative estimate of drug-likeness (QED) is 0.402. The van der Waals surface area contributed by atoms with Crippen LogP contribution in [0.4, 0.5) is 4.39 Å². The summed E-state index contributed by atoms with van der Waals surface area (Å²) in [5.74, 6) is -0.611. The van der Waals surface area contributed by atoms with E-state index in [9.17, 15) is 9.18 Å². The molecule has 0 fully saturated rings. The highest BCUT2D eigenvalue weighted by molar-refractivity contribution is 6.42. The molecule has 152 valence electrons. The minimum Gasteiger partial charge on any atom is -0.306 e. The molecule has 0 amide bonds. The van der Waals surface area contributed by atoms with Crippen molar-refractivity contribution in [2.45, 2.75) is 20.0 Å². The molecule has 4 rings (SSSR count). The Balaban J connectivity index is 1.79. The van der Waals surface area contributed by atoms with Gasteiger partial charge < -0.3 is 9.13 Å². The second kappa shape index (κ2) is 8.09. The summed E-state index contributed by atoms with van der Waals surface area (Å²) < 4.78 is 17.3. The third-order valence-corrected chi connectivity index (χ3v) is 5.90. The molecule has 1 aromatic heterocycles. The van der Waals surface area contributed by atoms with Crippen molar-refractivity contribution >= 4 is 40.0 Å². The summed E-state index contributed by atoms with van der Waals surface area (Å²) in [4.78, 5) is 12.9. The van der Waals surface area contributed by atoms with E-state index in [0.29, 0.717) is 33.2 Å². The molecule has 30 heavy (non-hydrogen) atoms. The summed E-state index contributed by atoms with van der Waals surface area (Å²) in [6.07, 6.45) is 0. The first-order chi connectivity index (χ1) is 14.3. The number of halogens is 3. The summed E-state index contributed by atoms with van der Waals surface area (Å²) in [5.41, 5.74) is 3.79. The predicted molar refractivity (Wildman–Crippen MR) is 117 cm³/mol. The molecule has 4 nitrogen and oxygen atoms in total. The molecule has 0 atom stereocenters. The Morgan fingerprint density at radius 2 is 1.73 bits per heavy atom. The highest BCUT2D eigenvalue weighted by Crippen LogP contribution is 2.23. The van der Waals surface area contributed by atoms with Crippen LogP contribution < -0.4 is 5.62 Å². The summed E-state index contributed by atoms with van der Waals surface area (Å²) in [6, 6.07) is 16.9. The van der Waals surface area contributed by atoms with Crippen LogP contribution in [-0.4, -0.2) is 14.9 Å². The minimum atomic E-state index is -0.394. The molecule has 0 aliphatic heterocycles. The molecule has 3 aromatic carbocycles. The van der Waals surface area contributed by atoms with Crippen molar-refractivity contribution in [3.63, 3.8) is 0 Å². The SMILES string of the molecule is Cc1ccccc1Cn1c(=N)n(CC(=O)c2ccc(Cl)c(Cl)c2)c2ccc(F)cc21. The maximum atomic E-state index is 14.0. The number of nitrogens with zero attached hydrogens (tertiary/aromatic N) is 2.